The number of anilines is 1. The molecule has 1 aliphatic rings. The predicted octanol–water partition coefficient (Wildman–Crippen LogP) is 3.20. The third-order valence-corrected chi connectivity index (χ3v) is 4.90. The van der Waals surface area contributed by atoms with Crippen molar-refractivity contribution in [2.45, 2.75) is 33.2 Å². The average Bonchev–Trinajstić information content (AvgIpc) is 3.14. The first kappa shape index (κ1) is 21.5. The molecule has 0 saturated heterocycles. The van der Waals surface area contributed by atoms with Crippen LogP contribution in [0.15, 0.2) is 36.4 Å². The second-order valence-electron chi connectivity index (χ2n) is 6.74. The monoisotopic (exact) mass is 412 g/mol. The molecule has 0 aromatic heterocycles. The van der Waals surface area contributed by atoms with Crippen LogP contribution >= 0.6 is 0 Å². The van der Waals surface area contributed by atoms with E-state index in [9.17, 15) is 9.59 Å². The van der Waals surface area contributed by atoms with E-state index in [1.54, 1.807) is 24.1 Å². The maximum absolute atomic E-state index is 13.6. The maximum Gasteiger partial charge on any atom is 0.259 e. The number of rotatable bonds is 8. The molecule has 0 radical (unpaired) electrons. The summed E-state index contributed by atoms with van der Waals surface area (Å²) in [5.41, 5.74) is 2.07. The first-order chi connectivity index (χ1) is 14.5. The number of likely N-dealkylation sites (N-methyl/N-ethyl adjacent to an activating group) is 1. The van der Waals surface area contributed by atoms with Crippen molar-refractivity contribution in [2.24, 2.45) is 0 Å². The van der Waals surface area contributed by atoms with E-state index < -0.39 is 6.04 Å². The van der Waals surface area contributed by atoms with Gasteiger partial charge < -0.3 is 19.5 Å². The van der Waals surface area contributed by atoms with Gasteiger partial charge in [-0.2, -0.15) is 0 Å². The Morgan fingerprint density at radius 3 is 2.17 bits per heavy atom. The van der Waals surface area contributed by atoms with Crippen LogP contribution in [0.3, 0.4) is 0 Å². The van der Waals surface area contributed by atoms with Crippen LogP contribution in [-0.4, -0.2) is 44.7 Å². The summed E-state index contributed by atoms with van der Waals surface area (Å²) in [4.78, 5) is 27.7. The fourth-order valence-electron chi connectivity index (χ4n) is 3.66. The standard InChI is InChI=1S/C23H28N2O5/c1-5-28-19-13-16(14-20(29-6-2)21(19)30-7-3)23(27)25-17-11-9-8-10-15(17)12-18(25)22(26)24-4/h8-11,13-14,18H,5-7,12H2,1-4H3,(H,24,26)/t18-/m0/s1. The fourth-order valence-corrected chi connectivity index (χ4v) is 3.66. The van der Waals surface area contributed by atoms with E-state index in [4.69, 9.17) is 14.2 Å². The third-order valence-electron chi connectivity index (χ3n) is 4.90. The Morgan fingerprint density at radius 2 is 1.60 bits per heavy atom. The Balaban J connectivity index is 2.09. The van der Waals surface area contributed by atoms with Gasteiger partial charge in [0.2, 0.25) is 11.7 Å². The van der Waals surface area contributed by atoms with E-state index in [0.717, 1.165) is 11.3 Å². The smallest absolute Gasteiger partial charge is 0.259 e. The third kappa shape index (κ3) is 4.06. The van der Waals surface area contributed by atoms with Gasteiger partial charge in [-0.3, -0.25) is 14.5 Å². The highest BCUT2D eigenvalue weighted by Gasteiger charge is 2.38. The zero-order valence-corrected chi connectivity index (χ0v) is 17.9. The van der Waals surface area contributed by atoms with Crippen molar-refractivity contribution >= 4 is 17.5 Å². The Kier molecular flexibility index (Phi) is 6.82. The molecule has 7 nitrogen and oxygen atoms in total. The lowest BCUT2D eigenvalue weighted by molar-refractivity contribution is -0.121. The minimum atomic E-state index is -0.613. The first-order valence-corrected chi connectivity index (χ1v) is 10.2. The summed E-state index contributed by atoms with van der Waals surface area (Å²) < 4.78 is 17.2. The highest BCUT2D eigenvalue weighted by molar-refractivity contribution is 6.12. The number of nitrogens with zero attached hydrogens (tertiary/aromatic N) is 1. The van der Waals surface area contributed by atoms with Crippen LogP contribution in [-0.2, 0) is 11.2 Å². The normalized spacial score (nSPS) is 14.8. The van der Waals surface area contributed by atoms with E-state index in [2.05, 4.69) is 5.32 Å². The van der Waals surface area contributed by atoms with E-state index in [1.165, 1.54) is 0 Å². The van der Waals surface area contributed by atoms with Crippen molar-refractivity contribution < 1.29 is 23.8 Å². The molecule has 2 aromatic rings. The van der Waals surface area contributed by atoms with Gasteiger partial charge in [0, 0.05) is 24.7 Å². The molecule has 0 unspecified atom stereocenters. The maximum atomic E-state index is 13.6. The predicted molar refractivity (Wildman–Crippen MR) is 115 cm³/mol. The molecule has 1 heterocycles. The molecule has 7 heteroatoms. The largest absolute Gasteiger partial charge is 0.490 e. The molecule has 0 fully saturated rings. The Labute approximate surface area is 176 Å². The van der Waals surface area contributed by atoms with E-state index in [1.807, 2.05) is 45.0 Å². The Bertz CT molecular complexity index is 901. The minimum Gasteiger partial charge on any atom is -0.490 e. The minimum absolute atomic E-state index is 0.208. The van der Waals surface area contributed by atoms with Crippen molar-refractivity contribution in [1.82, 2.24) is 5.32 Å². The van der Waals surface area contributed by atoms with Gasteiger partial charge in [-0.1, -0.05) is 18.2 Å². The van der Waals surface area contributed by atoms with Gasteiger partial charge in [0.1, 0.15) is 6.04 Å². The number of fused-ring (bicyclic) bond motifs is 1. The van der Waals surface area contributed by atoms with Gasteiger partial charge >= 0.3 is 0 Å². The van der Waals surface area contributed by atoms with Crippen LogP contribution in [0.5, 0.6) is 17.2 Å². The molecular weight excluding hydrogens is 384 g/mol. The summed E-state index contributed by atoms with van der Waals surface area (Å²) >= 11 is 0. The Morgan fingerprint density at radius 1 is 1.00 bits per heavy atom. The zero-order valence-electron chi connectivity index (χ0n) is 17.9. The van der Waals surface area contributed by atoms with Crippen LogP contribution in [0.4, 0.5) is 5.69 Å². The molecule has 1 N–H and O–H groups in total. The topological polar surface area (TPSA) is 77.1 Å². The molecule has 2 amide bonds. The summed E-state index contributed by atoms with van der Waals surface area (Å²) in [6.07, 6.45) is 0.468. The summed E-state index contributed by atoms with van der Waals surface area (Å²) in [5.74, 6) is 0.858. The molecule has 2 aromatic carbocycles. The second-order valence-corrected chi connectivity index (χ2v) is 6.74. The van der Waals surface area contributed by atoms with Crippen LogP contribution in [0, 0.1) is 0 Å². The SMILES string of the molecule is CCOc1cc(C(=O)N2c3ccccc3C[C@H]2C(=O)NC)cc(OCC)c1OCC. The lowest BCUT2D eigenvalue weighted by atomic mass is 10.1. The number of para-hydroxylation sites is 1. The van der Waals surface area contributed by atoms with Crippen LogP contribution in [0.25, 0.3) is 0 Å². The molecule has 0 bridgehead atoms. The van der Waals surface area contributed by atoms with Crippen molar-refractivity contribution in [3.05, 3.63) is 47.5 Å². The second kappa shape index (κ2) is 9.52. The molecule has 0 spiro atoms. The summed E-state index contributed by atoms with van der Waals surface area (Å²) in [6.45, 7) is 6.87. The highest BCUT2D eigenvalue weighted by atomic mass is 16.5. The van der Waals surface area contributed by atoms with Crippen molar-refractivity contribution in [3.8, 4) is 17.2 Å². The van der Waals surface area contributed by atoms with Gasteiger partial charge in [-0.25, -0.2) is 0 Å². The molecule has 160 valence electrons. The number of benzene rings is 2. The van der Waals surface area contributed by atoms with E-state index >= 15 is 0 Å². The number of nitrogens with one attached hydrogen (secondary N) is 1. The van der Waals surface area contributed by atoms with Gasteiger partial charge in [0.05, 0.1) is 19.8 Å². The lowest BCUT2D eigenvalue weighted by Gasteiger charge is -2.25. The molecule has 0 aliphatic carbocycles. The number of hydrogen-bond donors (Lipinski definition) is 1. The molecule has 30 heavy (non-hydrogen) atoms. The van der Waals surface area contributed by atoms with Gasteiger partial charge in [-0.05, 0) is 44.5 Å². The Hall–Kier alpha value is -3.22. The summed E-state index contributed by atoms with van der Waals surface area (Å²) in [7, 11) is 1.57. The molecular formula is C23H28N2O5. The lowest BCUT2D eigenvalue weighted by Crippen LogP contribution is -2.47. The number of ether oxygens (including phenoxy) is 3. The molecule has 3 rings (SSSR count). The van der Waals surface area contributed by atoms with Gasteiger partial charge in [0.25, 0.3) is 5.91 Å². The van der Waals surface area contributed by atoms with Crippen LogP contribution in [0.2, 0.25) is 0 Å². The number of amides is 2. The number of carbonyl (C=O) groups excluding carboxylic acids is 2. The van der Waals surface area contributed by atoms with E-state index in [-0.39, 0.29) is 11.8 Å². The van der Waals surface area contributed by atoms with Crippen LogP contribution in [0.1, 0.15) is 36.7 Å². The summed E-state index contributed by atoms with van der Waals surface area (Å²) in [6, 6.07) is 10.3. The van der Waals surface area contributed by atoms with Crippen molar-refractivity contribution in [3.63, 3.8) is 0 Å². The number of hydrogen-bond acceptors (Lipinski definition) is 5. The van der Waals surface area contributed by atoms with Gasteiger partial charge in [0.15, 0.2) is 11.5 Å². The van der Waals surface area contributed by atoms with Crippen molar-refractivity contribution in [1.29, 1.82) is 0 Å². The van der Waals surface area contributed by atoms with Crippen molar-refractivity contribution in [2.75, 3.05) is 31.8 Å². The van der Waals surface area contributed by atoms with Crippen LogP contribution < -0.4 is 24.4 Å². The summed E-state index contributed by atoms with van der Waals surface area (Å²) in [5, 5.41) is 2.67. The first-order valence-electron chi connectivity index (χ1n) is 10.2. The average molecular weight is 412 g/mol. The van der Waals surface area contributed by atoms with E-state index in [0.29, 0.717) is 49.1 Å². The molecule has 0 saturated carbocycles. The zero-order chi connectivity index (χ0) is 21.7. The highest BCUT2D eigenvalue weighted by Crippen LogP contribution is 2.41. The fraction of sp³-hybridized carbons (Fsp3) is 0.391. The quantitative estimate of drug-likeness (QED) is 0.721. The van der Waals surface area contributed by atoms with Gasteiger partial charge in [-0.15, -0.1) is 0 Å². The molecule has 1 atom stereocenters. The molecule has 1 aliphatic heterocycles. The number of carbonyl (C=O) groups is 2.